The molecule has 0 bridgehead atoms. The molecule has 0 atom stereocenters. The van der Waals surface area contributed by atoms with Gasteiger partial charge in [0.15, 0.2) is 0 Å². The molecule has 130 valence electrons. The molecule has 0 amide bonds. The number of nitrogens with one attached hydrogen (secondary N) is 1. The molecule has 0 saturated heterocycles. The topological polar surface area (TPSA) is 62.2 Å². The van der Waals surface area contributed by atoms with E-state index in [9.17, 15) is 4.79 Å². The van der Waals surface area contributed by atoms with Gasteiger partial charge in [-0.3, -0.25) is 4.98 Å². The lowest BCUT2D eigenvalue weighted by molar-refractivity contribution is 0.0697. The Kier molecular flexibility index (Phi) is 5.44. The third kappa shape index (κ3) is 4.36. The van der Waals surface area contributed by atoms with E-state index in [4.69, 9.17) is 5.11 Å². The molecular formula is C22H20N2O2. The second-order valence-electron chi connectivity index (χ2n) is 6.00. The highest BCUT2D eigenvalue weighted by atomic mass is 16.4. The molecule has 0 aliphatic rings. The van der Waals surface area contributed by atoms with Crippen LogP contribution in [0.3, 0.4) is 0 Å². The van der Waals surface area contributed by atoms with Crippen LogP contribution in [0.25, 0.3) is 5.70 Å². The monoisotopic (exact) mass is 344 g/mol. The van der Waals surface area contributed by atoms with Crippen LogP contribution in [0, 0.1) is 0 Å². The Morgan fingerprint density at radius 2 is 1.77 bits per heavy atom. The molecule has 4 heteroatoms. The first-order valence-electron chi connectivity index (χ1n) is 8.40. The maximum absolute atomic E-state index is 10.9. The van der Waals surface area contributed by atoms with Crippen molar-refractivity contribution in [2.75, 3.05) is 5.32 Å². The smallest absolute Gasteiger partial charge is 0.335 e. The quantitative estimate of drug-likeness (QED) is 0.655. The molecule has 4 nitrogen and oxygen atoms in total. The SMILES string of the molecule is C=C(Nc1cccnc1)c1ccccc1CCc1ccc(C(=O)O)cc1. The fourth-order valence-corrected chi connectivity index (χ4v) is 2.80. The first-order valence-corrected chi connectivity index (χ1v) is 8.40. The highest BCUT2D eigenvalue weighted by Gasteiger charge is 2.07. The molecular weight excluding hydrogens is 324 g/mol. The van der Waals surface area contributed by atoms with Crippen molar-refractivity contribution in [3.63, 3.8) is 0 Å². The third-order valence-electron chi connectivity index (χ3n) is 4.18. The molecule has 0 saturated carbocycles. The van der Waals surface area contributed by atoms with E-state index in [1.165, 1.54) is 5.56 Å². The molecule has 26 heavy (non-hydrogen) atoms. The molecule has 0 aliphatic carbocycles. The minimum atomic E-state index is -0.903. The molecule has 2 aromatic carbocycles. The number of aryl methyl sites for hydroxylation is 2. The summed E-state index contributed by atoms with van der Waals surface area (Å²) >= 11 is 0. The van der Waals surface area contributed by atoms with Crippen LogP contribution in [0.1, 0.15) is 27.0 Å². The van der Waals surface area contributed by atoms with E-state index in [1.807, 2.05) is 36.4 Å². The molecule has 1 aromatic heterocycles. The van der Waals surface area contributed by atoms with Gasteiger partial charge in [0.25, 0.3) is 0 Å². The number of carboxylic acid groups (broad SMARTS) is 1. The number of pyridine rings is 1. The van der Waals surface area contributed by atoms with Crippen LogP contribution in [-0.2, 0) is 12.8 Å². The van der Waals surface area contributed by atoms with Gasteiger partial charge in [-0.25, -0.2) is 4.79 Å². The van der Waals surface area contributed by atoms with Gasteiger partial charge in [0.2, 0.25) is 0 Å². The summed E-state index contributed by atoms with van der Waals surface area (Å²) in [5.74, 6) is -0.903. The van der Waals surface area contributed by atoms with Gasteiger partial charge in [0.1, 0.15) is 0 Å². The van der Waals surface area contributed by atoms with Gasteiger partial charge in [-0.05, 0) is 48.2 Å². The molecule has 0 spiro atoms. The summed E-state index contributed by atoms with van der Waals surface area (Å²) in [6.45, 7) is 4.16. The summed E-state index contributed by atoms with van der Waals surface area (Å²) in [5, 5.41) is 12.3. The van der Waals surface area contributed by atoms with Crippen LogP contribution in [0.2, 0.25) is 0 Å². The van der Waals surface area contributed by atoms with Crippen molar-refractivity contribution in [3.8, 4) is 0 Å². The summed E-state index contributed by atoms with van der Waals surface area (Å²) < 4.78 is 0. The summed E-state index contributed by atoms with van der Waals surface area (Å²) in [5.41, 5.74) is 5.40. The van der Waals surface area contributed by atoms with Crippen molar-refractivity contribution in [1.82, 2.24) is 4.98 Å². The van der Waals surface area contributed by atoms with Gasteiger partial charge in [-0.2, -0.15) is 0 Å². The van der Waals surface area contributed by atoms with Crippen LogP contribution in [0.4, 0.5) is 5.69 Å². The third-order valence-corrected chi connectivity index (χ3v) is 4.18. The Morgan fingerprint density at radius 1 is 1.00 bits per heavy atom. The molecule has 1 heterocycles. The van der Waals surface area contributed by atoms with E-state index in [-0.39, 0.29) is 0 Å². The molecule has 0 unspecified atom stereocenters. The predicted molar refractivity (Wildman–Crippen MR) is 104 cm³/mol. The van der Waals surface area contributed by atoms with Gasteiger partial charge >= 0.3 is 5.97 Å². The predicted octanol–water partition coefficient (Wildman–Crippen LogP) is 4.65. The number of nitrogens with zero attached hydrogens (tertiary/aromatic N) is 1. The maximum Gasteiger partial charge on any atom is 0.335 e. The fourth-order valence-electron chi connectivity index (χ4n) is 2.80. The lowest BCUT2D eigenvalue weighted by atomic mass is 9.98. The molecule has 3 aromatic rings. The zero-order valence-corrected chi connectivity index (χ0v) is 14.4. The molecule has 0 fully saturated rings. The molecule has 2 N–H and O–H groups in total. The Bertz CT molecular complexity index is 903. The number of rotatable bonds is 7. The van der Waals surface area contributed by atoms with Gasteiger partial charge in [0, 0.05) is 17.5 Å². The van der Waals surface area contributed by atoms with Crippen LogP contribution in [0.15, 0.2) is 79.6 Å². The van der Waals surface area contributed by atoms with Crippen LogP contribution in [-0.4, -0.2) is 16.1 Å². The van der Waals surface area contributed by atoms with Gasteiger partial charge in [-0.1, -0.05) is 43.0 Å². The lowest BCUT2D eigenvalue weighted by Gasteiger charge is -2.14. The second-order valence-corrected chi connectivity index (χ2v) is 6.00. The van der Waals surface area contributed by atoms with Gasteiger partial charge in [-0.15, -0.1) is 0 Å². The standard InChI is InChI=1S/C22H20N2O2/c1-16(24-20-6-4-14-23-15-20)21-7-3-2-5-18(21)11-8-17-9-12-19(13-10-17)22(25)26/h2-7,9-10,12-15,24H,1,8,11H2,(H,25,26). The number of carbonyl (C=O) groups is 1. The molecule has 0 aliphatic heterocycles. The minimum Gasteiger partial charge on any atom is -0.478 e. The number of aromatic carboxylic acids is 1. The van der Waals surface area contributed by atoms with Crippen molar-refractivity contribution in [3.05, 3.63) is 102 Å². The number of aromatic nitrogens is 1. The number of hydrogen-bond donors (Lipinski definition) is 2. The first-order chi connectivity index (χ1) is 12.6. The summed E-state index contributed by atoms with van der Waals surface area (Å²) in [7, 11) is 0. The Hall–Kier alpha value is -3.40. The Labute approximate surface area is 152 Å². The zero-order chi connectivity index (χ0) is 18.4. The maximum atomic E-state index is 10.9. The number of carboxylic acids is 1. The number of benzene rings is 2. The highest BCUT2D eigenvalue weighted by Crippen LogP contribution is 2.21. The van der Waals surface area contributed by atoms with Crippen LogP contribution >= 0.6 is 0 Å². The first kappa shape index (κ1) is 17.4. The van der Waals surface area contributed by atoms with E-state index in [2.05, 4.69) is 29.0 Å². The number of anilines is 1. The normalized spacial score (nSPS) is 10.3. The van der Waals surface area contributed by atoms with E-state index in [1.54, 1.807) is 24.5 Å². The minimum absolute atomic E-state index is 0.309. The average Bonchev–Trinajstić information content (AvgIpc) is 2.67. The number of hydrogen-bond acceptors (Lipinski definition) is 3. The van der Waals surface area contributed by atoms with Crippen molar-refractivity contribution >= 4 is 17.4 Å². The van der Waals surface area contributed by atoms with E-state index in [0.717, 1.165) is 35.4 Å². The van der Waals surface area contributed by atoms with Gasteiger partial charge < -0.3 is 10.4 Å². The average molecular weight is 344 g/mol. The van der Waals surface area contributed by atoms with Crippen molar-refractivity contribution in [1.29, 1.82) is 0 Å². The summed E-state index contributed by atoms with van der Waals surface area (Å²) in [4.78, 5) is 15.0. The second kappa shape index (κ2) is 8.12. The van der Waals surface area contributed by atoms with E-state index < -0.39 is 5.97 Å². The van der Waals surface area contributed by atoms with E-state index in [0.29, 0.717) is 5.56 Å². The van der Waals surface area contributed by atoms with Crippen LogP contribution < -0.4 is 5.32 Å². The fraction of sp³-hybridized carbons (Fsp3) is 0.0909. The zero-order valence-electron chi connectivity index (χ0n) is 14.4. The van der Waals surface area contributed by atoms with Crippen molar-refractivity contribution < 1.29 is 9.90 Å². The largest absolute Gasteiger partial charge is 0.478 e. The lowest BCUT2D eigenvalue weighted by Crippen LogP contribution is -2.03. The summed E-state index contributed by atoms with van der Waals surface area (Å²) in [6.07, 6.45) is 5.17. The highest BCUT2D eigenvalue weighted by molar-refractivity contribution is 5.87. The van der Waals surface area contributed by atoms with Crippen molar-refractivity contribution in [2.24, 2.45) is 0 Å². The molecule has 3 rings (SSSR count). The van der Waals surface area contributed by atoms with Crippen LogP contribution in [0.5, 0.6) is 0 Å². The Balaban J connectivity index is 1.70. The van der Waals surface area contributed by atoms with Crippen molar-refractivity contribution in [2.45, 2.75) is 12.8 Å². The van der Waals surface area contributed by atoms with Gasteiger partial charge in [0.05, 0.1) is 17.4 Å². The summed E-state index contributed by atoms with van der Waals surface area (Å²) in [6, 6.07) is 19.0. The Morgan fingerprint density at radius 3 is 2.46 bits per heavy atom. The van der Waals surface area contributed by atoms with E-state index >= 15 is 0 Å². The molecule has 0 radical (unpaired) electrons.